The highest BCUT2D eigenvalue weighted by Gasteiger charge is 2.26. The third-order valence-corrected chi connectivity index (χ3v) is 4.05. The standard InChI is InChI=1S/C13H13BrO/c14-11-6-5-10(7-11)13-8-9-3-1-2-4-12(9)15-13/h1-4,8,10-11H,5-7H2. The van der Waals surface area contributed by atoms with Crippen molar-refractivity contribution >= 4 is 26.9 Å². The lowest BCUT2D eigenvalue weighted by molar-refractivity contribution is 0.495. The minimum atomic E-state index is 0.613. The molecule has 3 rings (SSSR count). The molecule has 1 heterocycles. The second kappa shape index (κ2) is 3.67. The first-order chi connectivity index (χ1) is 7.33. The average Bonchev–Trinajstić information content (AvgIpc) is 2.82. The molecule has 1 saturated carbocycles. The molecule has 2 unspecified atom stereocenters. The Bertz CT molecular complexity index is 441. The van der Waals surface area contributed by atoms with Gasteiger partial charge in [-0.25, -0.2) is 0 Å². The van der Waals surface area contributed by atoms with Crippen molar-refractivity contribution in [3.63, 3.8) is 0 Å². The van der Waals surface area contributed by atoms with Crippen molar-refractivity contribution in [3.8, 4) is 0 Å². The van der Waals surface area contributed by atoms with Crippen LogP contribution in [0.1, 0.15) is 30.9 Å². The molecule has 0 N–H and O–H groups in total. The maximum absolute atomic E-state index is 5.88. The molecule has 2 aromatic rings. The zero-order valence-corrected chi connectivity index (χ0v) is 10.0. The van der Waals surface area contributed by atoms with Crippen molar-refractivity contribution in [3.05, 3.63) is 36.1 Å². The number of rotatable bonds is 1. The van der Waals surface area contributed by atoms with Gasteiger partial charge < -0.3 is 4.42 Å². The van der Waals surface area contributed by atoms with E-state index in [1.165, 1.54) is 24.6 Å². The summed E-state index contributed by atoms with van der Waals surface area (Å²) in [5.41, 5.74) is 1.02. The molecule has 1 aromatic heterocycles. The summed E-state index contributed by atoms with van der Waals surface area (Å²) in [6.07, 6.45) is 3.72. The summed E-state index contributed by atoms with van der Waals surface area (Å²) in [6.45, 7) is 0. The predicted octanol–water partition coefficient (Wildman–Crippen LogP) is 4.46. The van der Waals surface area contributed by atoms with Crippen LogP contribution in [0.4, 0.5) is 0 Å². The number of para-hydroxylation sites is 1. The van der Waals surface area contributed by atoms with Gasteiger partial charge in [0.05, 0.1) is 0 Å². The molecular weight excluding hydrogens is 252 g/mol. The molecule has 2 atom stereocenters. The fourth-order valence-electron chi connectivity index (χ4n) is 2.39. The molecule has 0 amide bonds. The minimum Gasteiger partial charge on any atom is -0.461 e. The van der Waals surface area contributed by atoms with Gasteiger partial charge in [0.25, 0.3) is 0 Å². The first-order valence-corrected chi connectivity index (χ1v) is 6.37. The van der Waals surface area contributed by atoms with Crippen molar-refractivity contribution in [2.24, 2.45) is 0 Å². The Labute approximate surface area is 97.6 Å². The number of hydrogen-bond donors (Lipinski definition) is 0. The Balaban J connectivity index is 1.98. The fraction of sp³-hybridized carbons (Fsp3) is 0.385. The van der Waals surface area contributed by atoms with Crippen LogP contribution < -0.4 is 0 Å². The van der Waals surface area contributed by atoms with E-state index in [9.17, 15) is 0 Å². The Morgan fingerprint density at radius 1 is 1.20 bits per heavy atom. The second-order valence-electron chi connectivity index (χ2n) is 4.29. The van der Waals surface area contributed by atoms with E-state index >= 15 is 0 Å². The maximum Gasteiger partial charge on any atom is 0.134 e. The molecule has 1 aliphatic rings. The number of fused-ring (bicyclic) bond motifs is 1. The highest BCUT2D eigenvalue weighted by Crippen LogP contribution is 2.39. The van der Waals surface area contributed by atoms with Crippen molar-refractivity contribution in [2.75, 3.05) is 0 Å². The molecule has 2 heteroatoms. The summed E-state index contributed by atoms with van der Waals surface area (Å²) in [4.78, 5) is 0.677. The molecular formula is C13H13BrO. The van der Waals surface area contributed by atoms with Gasteiger partial charge in [-0.15, -0.1) is 0 Å². The van der Waals surface area contributed by atoms with Crippen molar-refractivity contribution in [1.82, 2.24) is 0 Å². The molecule has 0 aliphatic heterocycles. The van der Waals surface area contributed by atoms with Crippen molar-refractivity contribution < 1.29 is 4.42 Å². The molecule has 1 aromatic carbocycles. The Hall–Kier alpha value is -0.760. The zero-order chi connectivity index (χ0) is 10.3. The fourth-order valence-corrected chi connectivity index (χ4v) is 3.10. The van der Waals surface area contributed by atoms with Gasteiger partial charge in [-0.2, -0.15) is 0 Å². The highest BCUT2D eigenvalue weighted by molar-refractivity contribution is 9.09. The lowest BCUT2D eigenvalue weighted by atomic mass is 10.1. The van der Waals surface area contributed by atoms with Crippen LogP contribution in [0.15, 0.2) is 34.7 Å². The smallest absolute Gasteiger partial charge is 0.134 e. The molecule has 0 radical (unpaired) electrons. The molecule has 15 heavy (non-hydrogen) atoms. The Kier molecular flexibility index (Phi) is 2.32. The third kappa shape index (κ3) is 1.71. The normalized spacial score (nSPS) is 26.2. The van der Waals surface area contributed by atoms with E-state index in [2.05, 4.69) is 34.1 Å². The first kappa shape index (κ1) is 9.46. The molecule has 1 nitrogen and oxygen atoms in total. The van der Waals surface area contributed by atoms with E-state index in [-0.39, 0.29) is 0 Å². The molecule has 0 spiro atoms. The van der Waals surface area contributed by atoms with Crippen molar-refractivity contribution in [2.45, 2.75) is 30.0 Å². The number of furan rings is 1. The summed E-state index contributed by atoms with van der Waals surface area (Å²) >= 11 is 3.68. The van der Waals surface area contributed by atoms with E-state index in [1.54, 1.807) is 0 Å². The van der Waals surface area contributed by atoms with Gasteiger partial charge in [0.15, 0.2) is 0 Å². The van der Waals surface area contributed by atoms with Gasteiger partial charge in [-0.1, -0.05) is 34.1 Å². The monoisotopic (exact) mass is 264 g/mol. The van der Waals surface area contributed by atoms with E-state index < -0.39 is 0 Å². The number of benzene rings is 1. The average molecular weight is 265 g/mol. The first-order valence-electron chi connectivity index (χ1n) is 5.45. The van der Waals surface area contributed by atoms with E-state index in [0.717, 1.165) is 11.3 Å². The lowest BCUT2D eigenvalue weighted by Gasteiger charge is -2.03. The van der Waals surface area contributed by atoms with Crippen LogP contribution in [0.2, 0.25) is 0 Å². The van der Waals surface area contributed by atoms with Gasteiger partial charge in [0.2, 0.25) is 0 Å². The Morgan fingerprint density at radius 2 is 2.07 bits per heavy atom. The molecule has 0 bridgehead atoms. The van der Waals surface area contributed by atoms with E-state index in [4.69, 9.17) is 4.42 Å². The SMILES string of the molecule is BrC1CCC(c2cc3ccccc3o2)C1. The minimum absolute atomic E-state index is 0.613. The van der Waals surface area contributed by atoms with E-state index in [1.807, 2.05) is 12.1 Å². The highest BCUT2D eigenvalue weighted by atomic mass is 79.9. The summed E-state index contributed by atoms with van der Waals surface area (Å²) < 4.78 is 5.88. The van der Waals surface area contributed by atoms with Crippen LogP contribution in [0.5, 0.6) is 0 Å². The summed E-state index contributed by atoms with van der Waals surface area (Å²) in [5, 5.41) is 1.23. The zero-order valence-electron chi connectivity index (χ0n) is 8.45. The number of halogens is 1. The number of hydrogen-bond acceptors (Lipinski definition) is 1. The lowest BCUT2D eigenvalue weighted by Crippen LogP contribution is -1.91. The largest absolute Gasteiger partial charge is 0.461 e. The number of alkyl halides is 1. The van der Waals surface area contributed by atoms with E-state index in [0.29, 0.717) is 10.7 Å². The van der Waals surface area contributed by atoms with Crippen molar-refractivity contribution in [1.29, 1.82) is 0 Å². The predicted molar refractivity (Wildman–Crippen MR) is 65.5 cm³/mol. The van der Waals surface area contributed by atoms with Crippen LogP contribution in [-0.4, -0.2) is 4.83 Å². The van der Waals surface area contributed by atoms with Crippen LogP contribution in [-0.2, 0) is 0 Å². The summed E-state index contributed by atoms with van der Waals surface area (Å²) in [7, 11) is 0. The van der Waals surface area contributed by atoms with Crippen LogP contribution in [0.25, 0.3) is 11.0 Å². The van der Waals surface area contributed by atoms with Gasteiger partial charge in [-0.3, -0.25) is 0 Å². The quantitative estimate of drug-likeness (QED) is 0.693. The maximum atomic E-state index is 5.88. The topological polar surface area (TPSA) is 13.1 Å². The van der Waals surface area contributed by atoms with Gasteiger partial charge in [0.1, 0.15) is 11.3 Å². The summed E-state index contributed by atoms with van der Waals surface area (Å²) in [5.74, 6) is 1.78. The van der Waals surface area contributed by atoms with Gasteiger partial charge in [-0.05, 0) is 31.4 Å². The van der Waals surface area contributed by atoms with Crippen LogP contribution in [0, 0.1) is 0 Å². The van der Waals surface area contributed by atoms with Gasteiger partial charge in [0, 0.05) is 16.1 Å². The second-order valence-corrected chi connectivity index (χ2v) is 5.59. The molecule has 1 aliphatic carbocycles. The van der Waals surface area contributed by atoms with Crippen LogP contribution in [0.3, 0.4) is 0 Å². The Morgan fingerprint density at radius 3 is 2.80 bits per heavy atom. The van der Waals surface area contributed by atoms with Crippen LogP contribution >= 0.6 is 15.9 Å². The van der Waals surface area contributed by atoms with Gasteiger partial charge >= 0.3 is 0 Å². The molecule has 78 valence electrons. The third-order valence-electron chi connectivity index (χ3n) is 3.22. The molecule has 1 fully saturated rings. The molecule has 0 saturated heterocycles. The summed E-state index contributed by atoms with van der Waals surface area (Å²) in [6, 6.07) is 10.4.